The van der Waals surface area contributed by atoms with Crippen LogP contribution in [-0.4, -0.2) is 23.4 Å². The molecule has 1 fully saturated rings. The molecule has 0 aliphatic heterocycles. The Morgan fingerprint density at radius 3 is 2.76 bits per heavy atom. The van der Waals surface area contributed by atoms with Gasteiger partial charge in [0.25, 0.3) is 5.91 Å². The van der Waals surface area contributed by atoms with Gasteiger partial charge in [0.15, 0.2) is 0 Å². The first-order chi connectivity index (χ1) is 8.24. The lowest BCUT2D eigenvalue weighted by Crippen LogP contribution is -2.34. The molecular formula is C13H13BrN2O. The predicted octanol–water partition coefficient (Wildman–Crippen LogP) is 2.97. The van der Waals surface area contributed by atoms with Crippen molar-refractivity contribution in [1.29, 1.82) is 5.26 Å². The second-order valence-electron chi connectivity index (χ2n) is 4.12. The monoisotopic (exact) mass is 292 g/mol. The van der Waals surface area contributed by atoms with Crippen molar-refractivity contribution in [2.24, 2.45) is 0 Å². The summed E-state index contributed by atoms with van der Waals surface area (Å²) < 4.78 is 0.813. The minimum Gasteiger partial charge on any atom is -0.335 e. The van der Waals surface area contributed by atoms with E-state index < -0.39 is 0 Å². The van der Waals surface area contributed by atoms with Crippen LogP contribution >= 0.6 is 15.9 Å². The van der Waals surface area contributed by atoms with Crippen molar-refractivity contribution >= 4 is 21.8 Å². The van der Waals surface area contributed by atoms with E-state index in [-0.39, 0.29) is 5.91 Å². The standard InChI is InChI=1S/C13H13BrN2O/c14-12-5-2-1-4-11(12)13(17)16(9-3-8-15)10-6-7-10/h1-2,4-5,10H,3,6-7,9H2. The Morgan fingerprint density at radius 1 is 1.47 bits per heavy atom. The highest BCUT2D eigenvalue weighted by atomic mass is 79.9. The van der Waals surface area contributed by atoms with Gasteiger partial charge in [-0.25, -0.2) is 0 Å². The number of nitrogens with zero attached hydrogens (tertiary/aromatic N) is 2. The lowest BCUT2D eigenvalue weighted by molar-refractivity contribution is 0.0746. The lowest BCUT2D eigenvalue weighted by atomic mass is 10.2. The fraction of sp³-hybridized carbons (Fsp3) is 0.385. The molecule has 0 atom stereocenters. The Labute approximate surface area is 109 Å². The molecule has 0 spiro atoms. The normalized spacial score (nSPS) is 14.1. The zero-order valence-corrected chi connectivity index (χ0v) is 11.0. The molecule has 17 heavy (non-hydrogen) atoms. The summed E-state index contributed by atoms with van der Waals surface area (Å²) in [5.74, 6) is 0.0234. The zero-order valence-electron chi connectivity index (χ0n) is 9.40. The minimum absolute atomic E-state index is 0.0234. The van der Waals surface area contributed by atoms with E-state index in [4.69, 9.17) is 5.26 Å². The van der Waals surface area contributed by atoms with Gasteiger partial charge in [-0.2, -0.15) is 5.26 Å². The van der Waals surface area contributed by atoms with Crippen LogP contribution in [0.3, 0.4) is 0 Å². The van der Waals surface area contributed by atoms with Crippen LogP contribution in [0.5, 0.6) is 0 Å². The minimum atomic E-state index is 0.0234. The molecule has 1 aromatic rings. The highest BCUT2D eigenvalue weighted by Crippen LogP contribution is 2.29. The first kappa shape index (κ1) is 12.1. The predicted molar refractivity (Wildman–Crippen MR) is 68.4 cm³/mol. The average Bonchev–Trinajstić information content (AvgIpc) is 3.14. The fourth-order valence-electron chi connectivity index (χ4n) is 1.80. The van der Waals surface area contributed by atoms with Crippen molar-refractivity contribution in [3.63, 3.8) is 0 Å². The Morgan fingerprint density at radius 2 is 2.18 bits per heavy atom. The molecule has 1 aromatic carbocycles. The number of benzene rings is 1. The third kappa shape index (κ3) is 2.86. The number of hydrogen-bond donors (Lipinski definition) is 0. The lowest BCUT2D eigenvalue weighted by Gasteiger charge is -2.21. The molecule has 0 saturated heterocycles. The van der Waals surface area contributed by atoms with Gasteiger partial charge in [-0.05, 0) is 40.9 Å². The Hall–Kier alpha value is -1.34. The molecule has 1 amide bonds. The summed E-state index contributed by atoms with van der Waals surface area (Å²) in [6.07, 6.45) is 2.51. The number of halogens is 1. The molecule has 2 rings (SSSR count). The van der Waals surface area contributed by atoms with Gasteiger partial charge in [-0.15, -0.1) is 0 Å². The smallest absolute Gasteiger partial charge is 0.255 e. The third-order valence-electron chi connectivity index (χ3n) is 2.82. The van der Waals surface area contributed by atoms with Crippen molar-refractivity contribution in [2.45, 2.75) is 25.3 Å². The van der Waals surface area contributed by atoms with Gasteiger partial charge in [0.2, 0.25) is 0 Å². The molecule has 88 valence electrons. The van der Waals surface area contributed by atoms with E-state index in [0.717, 1.165) is 17.3 Å². The van der Waals surface area contributed by atoms with E-state index in [1.807, 2.05) is 29.2 Å². The highest BCUT2D eigenvalue weighted by Gasteiger charge is 2.33. The maximum Gasteiger partial charge on any atom is 0.255 e. The van der Waals surface area contributed by atoms with E-state index in [1.165, 1.54) is 0 Å². The van der Waals surface area contributed by atoms with Gasteiger partial charge in [-0.3, -0.25) is 4.79 Å². The molecule has 1 aliphatic rings. The Bertz CT molecular complexity index is 463. The molecule has 4 heteroatoms. The maximum absolute atomic E-state index is 12.3. The molecule has 0 unspecified atom stereocenters. The summed E-state index contributed by atoms with van der Waals surface area (Å²) in [4.78, 5) is 14.2. The molecule has 0 N–H and O–H groups in total. The number of rotatable bonds is 4. The van der Waals surface area contributed by atoms with Gasteiger partial charge in [-0.1, -0.05) is 12.1 Å². The number of nitriles is 1. The van der Waals surface area contributed by atoms with Gasteiger partial charge in [0, 0.05) is 17.1 Å². The summed E-state index contributed by atoms with van der Waals surface area (Å²) in [6.45, 7) is 0.529. The topological polar surface area (TPSA) is 44.1 Å². The van der Waals surface area contributed by atoms with Crippen LogP contribution < -0.4 is 0 Å². The van der Waals surface area contributed by atoms with Crippen LogP contribution in [0.15, 0.2) is 28.7 Å². The third-order valence-corrected chi connectivity index (χ3v) is 3.51. The molecule has 0 heterocycles. The van der Waals surface area contributed by atoms with Gasteiger partial charge in [0.1, 0.15) is 0 Å². The van der Waals surface area contributed by atoms with E-state index >= 15 is 0 Å². The molecule has 0 aromatic heterocycles. The Kier molecular flexibility index (Phi) is 3.80. The largest absolute Gasteiger partial charge is 0.335 e. The highest BCUT2D eigenvalue weighted by molar-refractivity contribution is 9.10. The number of carbonyl (C=O) groups excluding carboxylic acids is 1. The van der Waals surface area contributed by atoms with Crippen molar-refractivity contribution < 1.29 is 4.79 Å². The molecule has 0 bridgehead atoms. The first-order valence-corrected chi connectivity index (χ1v) is 6.46. The molecule has 1 saturated carbocycles. The summed E-state index contributed by atoms with van der Waals surface area (Å²) in [6, 6.07) is 9.85. The molecule has 1 aliphatic carbocycles. The van der Waals surface area contributed by atoms with Crippen LogP contribution in [0.25, 0.3) is 0 Å². The molecule has 3 nitrogen and oxygen atoms in total. The number of carbonyl (C=O) groups is 1. The second kappa shape index (κ2) is 5.33. The first-order valence-electron chi connectivity index (χ1n) is 5.66. The summed E-state index contributed by atoms with van der Waals surface area (Å²) in [7, 11) is 0. The Balaban J connectivity index is 2.16. The van der Waals surface area contributed by atoms with Crippen LogP contribution in [0.2, 0.25) is 0 Å². The van der Waals surface area contributed by atoms with Crippen molar-refractivity contribution in [3.05, 3.63) is 34.3 Å². The summed E-state index contributed by atoms with van der Waals surface area (Å²) in [5, 5.41) is 8.63. The van der Waals surface area contributed by atoms with E-state index in [9.17, 15) is 4.79 Å². The number of hydrogen-bond acceptors (Lipinski definition) is 2. The summed E-state index contributed by atoms with van der Waals surface area (Å²) >= 11 is 3.39. The number of amides is 1. The van der Waals surface area contributed by atoms with Crippen LogP contribution in [-0.2, 0) is 0 Å². The van der Waals surface area contributed by atoms with Crippen molar-refractivity contribution in [3.8, 4) is 6.07 Å². The van der Waals surface area contributed by atoms with Crippen molar-refractivity contribution in [1.82, 2.24) is 4.90 Å². The fourth-order valence-corrected chi connectivity index (χ4v) is 2.25. The van der Waals surface area contributed by atoms with Gasteiger partial charge in [0.05, 0.1) is 18.1 Å². The summed E-state index contributed by atoms with van der Waals surface area (Å²) in [5.41, 5.74) is 0.678. The quantitative estimate of drug-likeness (QED) is 0.856. The molecule has 0 radical (unpaired) electrons. The van der Waals surface area contributed by atoms with E-state index in [0.29, 0.717) is 24.6 Å². The van der Waals surface area contributed by atoms with E-state index in [1.54, 1.807) is 0 Å². The SMILES string of the molecule is N#CCCN(C(=O)c1ccccc1Br)C1CC1. The maximum atomic E-state index is 12.3. The van der Waals surface area contributed by atoms with Gasteiger partial charge >= 0.3 is 0 Å². The van der Waals surface area contributed by atoms with E-state index in [2.05, 4.69) is 22.0 Å². The van der Waals surface area contributed by atoms with Crippen molar-refractivity contribution in [2.75, 3.05) is 6.54 Å². The molecular weight excluding hydrogens is 280 g/mol. The van der Waals surface area contributed by atoms with Crippen LogP contribution in [0.4, 0.5) is 0 Å². The average molecular weight is 293 g/mol. The van der Waals surface area contributed by atoms with Crippen LogP contribution in [0, 0.1) is 11.3 Å². The second-order valence-corrected chi connectivity index (χ2v) is 4.97. The van der Waals surface area contributed by atoms with Crippen LogP contribution in [0.1, 0.15) is 29.6 Å². The zero-order chi connectivity index (χ0) is 12.3. The van der Waals surface area contributed by atoms with Gasteiger partial charge < -0.3 is 4.90 Å².